The predicted octanol–water partition coefficient (Wildman–Crippen LogP) is 0.731. The van der Waals surface area contributed by atoms with Crippen molar-refractivity contribution in [3.05, 3.63) is 35.3 Å². The zero-order valence-electron chi connectivity index (χ0n) is 19.5. The highest BCUT2D eigenvalue weighted by Gasteiger charge is 2.27. The van der Waals surface area contributed by atoms with E-state index in [2.05, 4.69) is 21.2 Å². The molecule has 3 aromatic heterocycles. The topological polar surface area (TPSA) is 109 Å². The molecule has 0 unspecified atom stereocenters. The van der Waals surface area contributed by atoms with Crippen LogP contribution in [-0.4, -0.2) is 91.6 Å². The molecule has 35 heavy (non-hydrogen) atoms. The first-order valence-electron chi connectivity index (χ1n) is 11.8. The van der Waals surface area contributed by atoms with Crippen LogP contribution in [0, 0.1) is 0 Å². The van der Waals surface area contributed by atoms with Crippen molar-refractivity contribution in [3.63, 3.8) is 0 Å². The lowest BCUT2D eigenvalue weighted by Gasteiger charge is -2.30. The number of aromatic amines is 1. The number of H-pyrrole nitrogens is 1. The van der Waals surface area contributed by atoms with E-state index in [0.717, 1.165) is 65.2 Å². The summed E-state index contributed by atoms with van der Waals surface area (Å²) in [6, 6.07) is 8.22. The average molecular weight is 515 g/mol. The van der Waals surface area contributed by atoms with Gasteiger partial charge in [-0.1, -0.05) is 12.1 Å². The standard InChI is InChI=1S/C23H27N7O3S2/c1-35(31,32)30-7-5-28(6-8-30)15-16-13-20-21(34-16)23(29-9-11-33-12-10-29)26-22(25-20)17-3-2-4-19-18(17)14-24-27-19/h2-4,13-14H,5-12,15H2,1H3,(H,24,27)/p+1. The van der Waals surface area contributed by atoms with Gasteiger partial charge in [-0.15, -0.1) is 11.3 Å². The monoisotopic (exact) mass is 514 g/mol. The van der Waals surface area contributed by atoms with Gasteiger partial charge >= 0.3 is 0 Å². The van der Waals surface area contributed by atoms with Gasteiger partial charge in [0.05, 0.1) is 72.5 Å². The summed E-state index contributed by atoms with van der Waals surface area (Å²) in [5.41, 5.74) is 2.87. The smallest absolute Gasteiger partial charge is 0.211 e. The molecule has 12 heteroatoms. The zero-order valence-corrected chi connectivity index (χ0v) is 21.2. The summed E-state index contributed by atoms with van der Waals surface area (Å²) in [6.45, 7) is 6.56. The molecular formula is C23H28N7O3S2+. The van der Waals surface area contributed by atoms with Gasteiger partial charge in [0.2, 0.25) is 10.0 Å². The summed E-state index contributed by atoms with van der Waals surface area (Å²) in [5.74, 6) is 1.66. The van der Waals surface area contributed by atoms with Crippen molar-refractivity contribution < 1.29 is 18.1 Å². The maximum Gasteiger partial charge on any atom is 0.211 e. The number of nitrogens with one attached hydrogen (secondary N) is 2. The Labute approximate surface area is 207 Å². The molecule has 6 rings (SSSR count). The SMILES string of the molecule is CS(=O)(=O)N1CC[NH+](Cc2cc3nc(-c4cccc5[nH]ncc45)nc(N4CCOCC4)c3s2)CC1. The van der Waals surface area contributed by atoms with Crippen LogP contribution in [0.2, 0.25) is 0 Å². The van der Waals surface area contributed by atoms with Gasteiger partial charge in [-0.3, -0.25) is 5.10 Å². The van der Waals surface area contributed by atoms with Gasteiger partial charge in [0.25, 0.3) is 0 Å². The number of quaternary nitrogens is 1. The Bertz CT molecular complexity index is 1470. The van der Waals surface area contributed by atoms with E-state index in [0.29, 0.717) is 32.1 Å². The van der Waals surface area contributed by atoms with E-state index in [9.17, 15) is 8.42 Å². The molecule has 0 radical (unpaired) electrons. The molecule has 2 aliphatic heterocycles. The predicted molar refractivity (Wildman–Crippen MR) is 136 cm³/mol. The summed E-state index contributed by atoms with van der Waals surface area (Å²) >= 11 is 1.75. The third-order valence-corrected chi connectivity index (χ3v) is 9.19. The highest BCUT2D eigenvalue weighted by atomic mass is 32.2. The van der Waals surface area contributed by atoms with Crippen LogP contribution in [0.3, 0.4) is 0 Å². The van der Waals surface area contributed by atoms with Crippen molar-refractivity contribution in [2.75, 3.05) is 63.6 Å². The number of sulfonamides is 1. The first-order chi connectivity index (χ1) is 17.0. The molecule has 10 nitrogen and oxygen atoms in total. The van der Waals surface area contributed by atoms with Crippen LogP contribution in [0.4, 0.5) is 5.82 Å². The largest absolute Gasteiger partial charge is 0.378 e. The lowest BCUT2D eigenvalue weighted by atomic mass is 10.1. The van der Waals surface area contributed by atoms with Crippen LogP contribution in [0.1, 0.15) is 4.88 Å². The van der Waals surface area contributed by atoms with E-state index < -0.39 is 10.0 Å². The Morgan fingerprint density at radius 2 is 1.94 bits per heavy atom. The van der Waals surface area contributed by atoms with E-state index in [1.54, 1.807) is 15.6 Å². The minimum atomic E-state index is -3.12. The molecule has 1 aromatic carbocycles. The molecule has 184 valence electrons. The molecule has 0 saturated carbocycles. The van der Waals surface area contributed by atoms with E-state index in [1.807, 2.05) is 24.4 Å². The molecule has 2 N–H and O–H groups in total. The Hall–Kier alpha value is -2.64. The molecule has 2 saturated heterocycles. The number of nitrogens with zero attached hydrogens (tertiary/aromatic N) is 5. The zero-order chi connectivity index (χ0) is 24.0. The number of ether oxygens (including phenoxy) is 1. The molecule has 4 aromatic rings. The molecule has 2 fully saturated rings. The Balaban J connectivity index is 1.36. The van der Waals surface area contributed by atoms with Crippen molar-refractivity contribution in [2.45, 2.75) is 6.54 Å². The fourth-order valence-electron chi connectivity index (χ4n) is 4.88. The van der Waals surface area contributed by atoms with Crippen LogP contribution < -0.4 is 9.80 Å². The van der Waals surface area contributed by atoms with Crippen molar-refractivity contribution in [1.82, 2.24) is 24.5 Å². The molecule has 2 aliphatic rings. The first-order valence-corrected chi connectivity index (χ1v) is 14.5. The fourth-order valence-corrected chi connectivity index (χ4v) is 6.91. The molecule has 0 amide bonds. The molecule has 0 atom stereocenters. The normalized spacial score (nSPS) is 18.6. The van der Waals surface area contributed by atoms with Crippen LogP contribution >= 0.6 is 11.3 Å². The molecule has 0 aliphatic carbocycles. The van der Waals surface area contributed by atoms with Gasteiger partial charge in [-0.25, -0.2) is 18.4 Å². The maximum atomic E-state index is 11.9. The number of hydrogen-bond donors (Lipinski definition) is 2. The van der Waals surface area contributed by atoms with E-state index in [-0.39, 0.29) is 0 Å². The van der Waals surface area contributed by atoms with E-state index >= 15 is 0 Å². The second-order valence-electron chi connectivity index (χ2n) is 9.12. The second kappa shape index (κ2) is 9.10. The van der Waals surface area contributed by atoms with Crippen molar-refractivity contribution in [2.24, 2.45) is 0 Å². The van der Waals surface area contributed by atoms with Crippen LogP contribution in [0.25, 0.3) is 32.5 Å². The summed E-state index contributed by atoms with van der Waals surface area (Å²) in [7, 11) is -3.12. The lowest BCUT2D eigenvalue weighted by Crippen LogP contribution is -3.13. The molecule has 0 spiro atoms. The van der Waals surface area contributed by atoms with Crippen LogP contribution in [0.5, 0.6) is 0 Å². The fraction of sp³-hybridized carbons (Fsp3) is 0.435. The number of fused-ring (bicyclic) bond motifs is 2. The van der Waals surface area contributed by atoms with Crippen molar-refractivity contribution in [3.8, 4) is 11.4 Å². The maximum absolute atomic E-state index is 11.9. The van der Waals surface area contributed by atoms with Crippen LogP contribution in [-0.2, 0) is 21.3 Å². The third kappa shape index (κ3) is 4.52. The number of benzene rings is 1. The summed E-state index contributed by atoms with van der Waals surface area (Å²) in [5, 5.41) is 8.24. The molecule has 5 heterocycles. The third-order valence-electron chi connectivity index (χ3n) is 6.76. The van der Waals surface area contributed by atoms with E-state index in [4.69, 9.17) is 14.7 Å². The van der Waals surface area contributed by atoms with Gasteiger partial charge in [0.15, 0.2) is 11.6 Å². The van der Waals surface area contributed by atoms with Crippen LogP contribution in [0.15, 0.2) is 30.5 Å². The van der Waals surface area contributed by atoms with Crippen molar-refractivity contribution in [1.29, 1.82) is 0 Å². The minimum absolute atomic E-state index is 0.566. The summed E-state index contributed by atoms with van der Waals surface area (Å²) < 4.78 is 32.0. The number of morpholine rings is 1. The van der Waals surface area contributed by atoms with E-state index in [1.165, 1.54) is 16.0 Å². The average Bonchev–Trinajstić information content (AvgIpc) is 3.50. The number of thiophene rings is 1. The number of rotatable bonds is 5. The number of aromatic nitrogens is 4. The van der Waals surface area contributed by atoms with Crippen molar-refractivity contribution >= 4 is 48.3 Å². The highest BCUT2D eigenvalue weighted by Crippen LogP contribution is 2.35. The van der Waals surface area contributed by atoms with Gasteiger partial charge in [0, 0.05) is 24.0 Å². The number of anilines is 1. The Kier molecular flexibility index (Phi) is 5.93. The summed E-state index contributed by atoms with van der Waals surface area (Å²) in [6.07, 6.45) is 3.11. The highest BCUT2D eigenvalue weighted by molar-refractivity contribution is 7.88. The quantitative estimate of drug-likeness (QED) is 0.404. The van der Waals surface area contributed by atoms with Gasteiger partial charge in [0.1, 0.15) is 6.54 Å². The summed E-state index contributed by atoms with van der Waals surface area (Å²) in [4.78, 5) is 15.0. The van der Waals surface area contributed by atoms with Gasteiger partial charge < -0.3 is 14.5 Å². The Morgan fingerprint density at radius 1 is 1.14 bits per heavy atom. The molecule has 0 bridgehead atoms. The number of piperazine rings is 1. The van der Waals surface area contributed by atoms with Gasteiger partial charge in [-0.05, 0) is 12.1 Å². The first kappa shape index (κ1) is 22.8. The Morgan fingerprint density at radius 3 is 2.71 bits per heavy atom. The lowest BCUT2D eigenvalue weighted by molar-refractivity contribution is -0.917. The van der Waals surface area contributed by atoms with Gasteiger partial charge in [-0.2, -0.15) is 9.40 Å². The second-order valence-corrected chi connectivity index (χ2v) is 12.2. The number of hydrogen-bond acceptors (Lipinski definition) is 8. The minimum Gasteiger partial charge on any atom is -0.378 e. The molecular weight excluding hydrogens is 486 g/mol.